The van der Waals surface area contributed by atoms with Crippen molar-refractivity contribution in [3.63, 3.8) is 0 Å². The Morgan fingerprint density at radius 1 is 1.33 bits per heavy atom. The highest BCUT2D eigenvalue weighted by atomic mass is 16.3. The molecule has 21 heavy (non-hydrogen) atoms. The van der Waals surface area contributed by atoms with Gasteiger partial charge >= 0.3 is 0 Å². The third kappa shape index (κ3) is 3.98. The summed E-state index contributed by atoms with van der Waals surface area (Å²) in [6.45, 7) is 8.90. The van der Waals surface area contributed by atoms with Gasteiger partial charge in [-0.25, -0.2) is 0 Å². The van der Waals surface area contributed by atoms with Crippen LogP contribution in [0.25, 0.3) is 0 Å². The van der Waals surface area contributed by atoms with Crippen LogP contribution in [0, 0.1) is 0 Å². The first-order valence-electron chi connectivity index (χ1n) is 8.31. The van der Waals surface area contributed by atoms with Gasteiger partial charge in [0.05, 0.1) is 6.61 Å². The second-order valence-corrected chi connectivity index (χ2v) is 6.56. The van der Waals surface area contributed by atoms with Gasteiger partial charge in [-0.15, -0.1) is 0 Å². The number of hydrogen-bond donors (Lipinski definition) is 2. The minimum atomic E-state index is -0.118. The SMILES string of the molecule is CCC(CO)(CCCN1CCc2ccccc21)NC(C)C. The van der Waals surface area contributed by atoms with Crippen molar-refractivity contribution >= 4 is 5.69 Å². The van der Waals surface area contributed by atoms with E-state index in [1.807, 2.05) is 0 Å². The summed E-state index contributed by atoms with van der Waals surface area (Å²) in [6.07, 6.45) is 4.27. The van der Waals surface area contributed by atoms with E-state index in [1.54, 1.807) is 0 Å². The average molecular weight is 290 g/mol. The van der Waals surface area contributed by atoms with Gasteiger partial charge in [-0.2, -0.15) is 0 Å². The molecule has 1 aromatic carbocycles. The molecule has 1 unspecified atom stereocenters. The summed E-state index contributed by atoms with van der Waals surface area (Å²) < 4.78 is 0. The molecule has 1 atom stereocenters. The van der Waals surface area contributed by atoms with Crippen LogP contribution < -0.4 is 10.2 Å². The van der Waals surface area contributed by atoms with Crippen molar-refractivity contribution in [1.29, 1.82) is 0 Å². The molecule has 2 rings (SSSR count). The van der Waals surface area contributed by atoms with Gasteiger partial charge in [0.2, 0.25) is 0 Å². The zero-order valence-corrected chi connectivity index (χ0v) is 13.7. The number of anilines is 1. The minimum absolute atomic E-state index is 0.118. The summed E-state index contributed by atoms with van der Waals surface area (Å²) in [5, 5.41) is 13.4. The Hall–Kier alpha value is -1.06. The number of rotatable bonds is 8. The lowest BCUT2D eigenvalue weighted by atomic mass is 9.90. The molecule has 3 nitrogen and oxygen atoms in total. The Kier molecular flexibility index (Phi) is 5.65. The van der Waals surface area contributed by atoms with E-state index in [2.05, 4.69) is 55.3 Å². The summed E-state index contributed by atoms with van der Waals surface area (Å²) in [7, 11) is 0. The normalized spacial score (nSPS) is 17.1. The average Bonchev–Trinajstić information content (AvgIpc) is 2.89. The summed E-state index contributed by atoms with van der Waals surface area (Å²) in [5.41, 5.74) is 2.76. The van der Waals surface area contributed by atoms with Crippen LogP contribution in [0.15, 0.2) is 24.3 Å². The fraction of sp³-hybridized carbons (Fsp3) is 0.667. The van der Waals surface area contributed by atoms with Gasteiger partial charge in [0, 0.05) is 30.4 Å². The van der Waals surface area contributed by atoms with Gasteiger partial charge < -0.3 is 15.3 Å². The Morgan fingerprint density at radius 2 is 2.10 bits per heavy atom. The molecule has 1 heterocycles. The van der Waals surface area contributed by atoms with E-state index in [-0.39, 0.29) is 12.1 Å². The van der Waals surface area contributed by atoms with Crippen molar-refractivity contribution in [3.05, 3.63) is 29.8 Å². The number of benzene rings is 1. The van der Waals surface area contributed by atoms with Crippen LogP contribution in [0.1, 0.15) is 45.6 Å². The molecule has 0 bridgehead atoms. The number of aliphatic hydroxyl groups is 1. The second-order valence-electron chi connectivity index (χ2n) is 6.56. The molecule has 0 aliphatic carbocycles. The molecule has 0 saturated carbocycles. The maximum Gasteiger partial charge on any atom is 0.0613 e. The van der Waals surface area contributed by atoms with Crippen molar-refractivity contribution in [2.45, 2.75) is 58.0 Å². The summed E-state index contributed by atoms with van der Waals surface area (Å²) in [4.78, 5) is 2.49. The molecule has 0 fully saturated rings. The van der Waals surface area contributed by atoms with Crippen LogP contribution >= 0.6 is 0 Å². The van der Waals surface area contributed by atoms with Crippen molar-refractivity contribution in [2.24, 2.45) is 0 Å². The fourth-order valence-corrected chi connectivity index (χ4v) is 3.45. The highest BCUT2D eigenvalue weighted by molar-refractivity contribution is 5.57. The minimum Gasteiger partial charge on any atom is -0.394 e. The highest BCUT2D eigenvalue weighted by Crippen LogP contribution is 2.28. The van der Waals surface area contributed by atoms with E-state index in [9.17, 15) is 5.11 Å². The van der Waals surface area contributed by atoms with Crippen LogP contribution in [-0.2, 0) is 6.42 Å². The maximum absolute atomic E-state index is 9.80. The molecule has 0 amide bonds. The molecule has 0 saturated heterocycles. The predicted molar refractivity (Wildman–Crippen MR) is 90.0 cm³/mol. The smallest absolute Gasteiger partial charge is 0.0613 e. The van der Waals surface area contributed by atoms with Gasteiger partial charge in [-0.05, 0) is 37.3 Å². The van der Waals surface area contributed by atoms with Crippen LogP contribution in [0.5, 0.6) is 0 Å². The van der Waals surface area contributed by atoms with Crippen LogP contribution in [0.4, 0.5) is 5.69 Å². The zero-order chi connectivity index (χ0) is 15.3. The lowest BCUT2D eigenvalue weighted by molar-refractivity contribution is 0.136. The summed E-state index contributed by atoms with van der Waals surface area (Å²) in [5.74, 6) is 0. The topological polar surface area (TPSA) is 35.5 Å². The van der Waals surface area contributed by atoms with Crippen LogP contribution in [0.3, 0.4) is 0 Å². The lowest BCUT2D eigenvalue weighted by Crippen LogP contribution is -2.51. The standard InChI is InChI=1S/C18H30N2O/c1-4-18(14-21,19-15(2)3)11-7-12-20-13-10-16-8-5-6-9-17(16)20/h5-6,8-9,15,19,21H,4,7,10-14H2,1-3H3. The summed E-state index contributed by atoms with van der Waals surface area (Å²) >= 11 is 0. The van der Waals surface area contributed by atoms with Gasteiger partial charge in [-0.3, -0.25) is 0 Å². The highest BCUT2D eigenvalue weighted by Gasteiger charge is 2.28. The molecule has 118 valence electrons. The van der Waals surface area contributed by atoms with E-state index in [4.69, 9.17) is 0 Å². The Balaban J connectivity index is 1.89. The molecular weight excluding hydrogens is 260 g/mol. The third-order valence-electron chi connectivity index (χ3n) is 4.64. The van der Waals surface area contributed by atoms with E-state index in [0.717, 1.165) is 32.4 Å². The number of para-hydroxylation sites is 1. The quantitative estimate of drug-likeness (QED) is 0.772. The Morgan fingerprint density at radius 3 is 2.76 bits per heavy atom. The monoisotopic (exact) mass is 290 g/mol. The van der Waals surface area contributed by atoms with E-state index >= 15 is 0 Å². The van der Waals surface area contributed by atoms with Gasteiger partial charge in [-0.1, -0.05) is 39.0 Å². The van der Waals surface area contributed by atoms with E-state index < -0.39 is 0 Å². The third-order valence-corrected chi connectivity index (χ3v) is 4.64. The molecule has 1 aromatic rings. The van der Waals surface area contributed by atoms with Gasteiger partial charge in [0.1, 0.15) is 0 Å². The molecule has 2 N–H and O–H groups in total. The van der Waals surface area contributed by atoms with E-state index in [0.29, 0.717) is 6.04 Å². The molecule has 1 aliphatic heterocycles. The first kappa shape index (κ1) is 16.3. The summed E-state index contributed by atoms with van der Waals surface area (Å²) in [6, 6.07) is 9.13. The molecule has 1 aliphatic rings. The first-order chi connectivity index (χ1) is 10.1. The number of hydrogen-bond acceptors (Lipinski definition) is 3. The predicted octanol–water partition coefficient (Wildman–Crippen LogP) is 2.97. The Labute approximate surface area is 129 Å². The van der Waals surface area contributed by atoms with Crippen molar-refractivity contribution < 1.29 is 5.11 Å². The van der Waals surface area contributed by atoms with Gasteiger partial charge in [0.25, 0.3) is 0 Å². The zero-order valence-electron chi connectivity index (χ0n) is 13.7. The van der Waals surface area contributed by atoms with Crippen molar-refractivity contribution in [3.8, 4) is 0 Å². The maximum atomic E-state index is 9.80. The molecular formula is C18H30N2O. The molecule has 0 spiro atoms. The molecule has 3 heteroatoms. The van der Waals surface area contributed by atoms with E-state index in [1.165, 1.54) is 17.7 Å². The van der Waals surface area contributed by atoms with Crippen LogP contribution in [0.2, 0.25) is 0 Å². The molecule has 0 aromatic heterocycles. The number of fused-ring (bicyclic) bond motifs is 1. The molecule has 0 radical (unpaired) electrons. The number of nitrogens with one attached hydrogen (secondary N) is 1. The van der Waals surface area contributed by atoms with Crippen molar-refractivity contribution in [2.75, 3.05) is 24.6 Å². The second kappa shape index (κ2) is 7.28. The first-order valence-corrected chi connectivity index (χ1v) is 8.31. The number of aliphatic hydroxyl groups excluding tert-OH is 1. The van der Waals surface area contributed by atoms with Crippen molar-refractivity contribution in [1.82, 2.24) is 5.32 Å². The number of nitrogens with zero attached hydrogens (tertiary/aromatic N) is 1. The lowest BCUT2D eigenvalue weighted by Gasteiger charge is -2.35. The Bertz CT molecular complexity index is 441. The fourth-order valence-electron chi connectivity index (χ4n) is 3.45. The van der Waals surface area contributed by atoms with Crippen LogP contribution in [-0.4, -0.2) is 36.4 Å². The largest absolute Gasteiger partial charge is 0.394 e. The van der Waals surface area contributed by atoms with Gasteiger partial charge in [0.15, 0.2) is 0 Å².